The smallest absolute Gasteiger partial charge is 0.234 e. The fourth-order valence-corrected chi connectivity index (χ4v) is 2.79. The number of aromatic nitrogens is 2. The first kappa shape index (κ1) is 12.4. The summed E-state index contributed by atoms with van der Waals surface area (Å²) in [6, 6.07) is 10.3. The molecule has 4 nitrogen and oxygen atoms in total. The monoisotopic (exact) mass is 257 g/mol. The van der Waals surface area contributed by atoms with Gasteiger partial charge in [-0.1, -0.05) is 41.9 Å². The maximum absolute atomic E-state index is 6.18. The number of hydrogen-bond donors (Lipinski definition) is 1. The maximum atomic E-state index is 6.18. The van der Waals surface area contributed by atoms with Crippen molar-refractivity contribution in [1.82, 2.24) is 10.1 Å². The van der Waals surface area contributed by atoms with Gasteiger partial charge in [0, 0.05) is 12.5 Å². The van der Waals surface area contributed by atoms with E-state index >= 15 is 0 Å². The maximum Gasteiger partial charge on any atom is 0.234 e. The average molecular weight is 257 g/mol. The molecule has 0 amide bonds. The van der Waals surface area contributed by atoms with E-state index in [1.54, 1.807) is 0 Å². The molecule has 19 heavy (non-hydrogen) atoms. The number of nitrogens with two attached hydrogens (primary N) is 1. The summed E-state index contributed by atoms with van der Waals surface area (Å²) in [4.78, 5) is 4.55. The lowest BCUT2D eigenvalue weighted by Gasteiger charge is -2.23. The molecule has 2 N–H and O–H groups in total. The van der Waals surface area contributed by atoms with E-state index in [-0.39, 0.29) is 11.5 Å². The molecule has 100 valence electrons. The van der Waals surface area contributed by atoms with Crippen LogP contribution < -0.4 is 5.73 Å². The number of nitrogens with zero attached hydrogens (tertiary/aromatic N) is 2. The van der Waals surface area contributed by atoms with Gasteiger partial charge in [0.25, 0.3) is 0 Å². The van der Waals surface area contributed by atoms with Crippen LogP contribution in [0.2, 0.25) is 0 Å². The summed E-state index contributed by atoms with van der Waals surface area (Å²) >= 11 is 0. The number of rotatable bonds is 3. The SMILES string of the molecule is CC1(c2nc(Cc3ccccc3)no2)CCCC1N. The van der Waals surface area contributed by atoms with Crippen LogP contribution >= 0.6 is 0 Å². The Morgan fingerprint density at radius 2 is 2.16 bits per heavy atom. The molecule has 2 unspecified atom stereocenters. The van der Waals surface area contributed by atoms with Crippen LogP contribution in [-0.2, 0) is 11.8 Å². The molecule has 1 aromatic heterocycles. The van der Waals surface area contributed by atoms with Crippen LogP contribution in [0, 0.1) is 0 Å². The van der Waals surface area contributed by atoms with Gasteiger partial charge >= 0.3 is 0 Å². The normalized spacial score (nSPS) is 26.7. The van der Waals surface area contributed by atoms with Gasteiger partial charge in [-0.25, -0.2) is 0 Å². The van der Waals surface area contributed by atoms with E-state index in [0.29, 0.717) is 12.3 Å². The Bertz CT molecular complexity index is 552. The van der Waals surface area contributed by atoms with Gasteiger partial charge in [-0.2, -0.15) is 4.98 Å². The molecule has 1 aliphatic carbocycles. The second kappa shape index (κ2) is 4.78. The van der Waals surface area contributed by atoms with E-state index in [1.807, 2.05) is 18.2 Å². The van der Waals surface area contributed by atoms with Crippen molar-refractivity contribution in [3.05, 3.63) is 47.6 Å². The van der Waals surface area contributed by atoms with Gasteiger partial charge in [-0.15, -0.1) is 0 Å². The molecule has 1 aromatic carbocycles. The highest BCUT2D eigenvalue weighted by Gasteiger charge is 2.42. The van der Waals surface area contributed by atoms with Crippen LogP contribution in [0.15, 0.2) is 34.9 Å². The number of benzene rings is 1. The highest BCUT2D eigenvalue weighted by molar-refractivity contribution is 5.19. The van der Waals surface area contributed by atoms with Crippen molar-refractivity contribution in [2.45, 2.75) is 44.1 Å². The van der Waals surface area contributed by atoms with Gasteiger partial charge in [0.15, 0.2) is 5.82 Å². The Balaban J connectivity index is 1.80. The summed E-state index contributed by atoms with van der Waals surface area (Å²) in [5.74, 6) is 1.44. The first-order valence-electron chi connectivity index (χ1n) is 6.81. The van der Waals surface area contributed by atoms with E-state index in [2.05, 4.69) is 29.2 Å². The minimum atomic E-state index is -0.151. The summed E-state index contributed by atoms with van der Waals surface area (Å²) in [6.45, 7) is 2.13. The van der Waals surface area contributed by atoms with Crippen molar-refractivity contribution < 1.29 is 4.52 Å². The van der Waals surface area contributed by atoms with Gasteiger partial charge in [-0.05, 0) is 25.3 Å². The second-order valence-electron chi connectivity index (χ2n) is 5.59. The van der Waals surface area contributed by atoms with Crippen LogP contribution in [0.1, 0.15) is 43.5 Å². The first-order chi connectivity index (χ1) is 9.18. The Hall–Kier alpha value is -1.68. The van der Waals surface area contributed by atoms with Crippen molar-refractivity contribution in [2.24, 2.45) is 5.73 Å². The minimum Gasteiger partial charge on any atom is -0.339 e. The van der Waals surface area contributed by atoms with Crippen LogP contribution in [0.25, 0.3) is 0 Å². The molecule has 2 aromatic rings. The number of hydrogen-bond acceptors (Lipinski definition) is 4. The van der Waals surface area contributed by atoms with Crippen molar-refractivity contribution in [3.8, 4) is 0 Å². The third-order valence-corrected chi connectivity index (χ3v) is 4.19. The zero-order valence-electron chi connectivity index (χ0n) is 11.2. The largest absolute Gasteiger partial charge is 0.339 e. The van der Waals surface area contributed by atoms with Crippen LogP contribution in [0.3, 0.4) is 0 Å². The molecule has 3 rings (SSSR count). The molecule has 0 spiro atoms. The fraction of sp³-hybridized carbons (Fsp3) is 0.467. The Kier molecular flexibility index (Phi) is 3.11. The molecular formula is C15H19N3O. The average Bonchev–Trinajstić information content (AvgIpc) is 3.00. The Morgan fingerprint density at radius 3 is 2.84 bits per heavy atom. The topological polar surface area (TPSA) is 64.9 Å². The predicted octanol–water partition coefficient (Wildman–Crippen LogP) is 2.43. The predicted molar refractivity (Wildman–Crippen MR) is 72.7 cm³/mol. The molecule has 1 heterocycles. The minimum absolute atomic E-state index is 0.123. The molecule has 0 saturated heterocycles. The summed E-state index contributed by atoms with van der Waals surface area (Å²) in [5, 5.41) is 4.09. The van der Waals surface area contributed by atoms with Gasteiger partial charge in [0.1, 0.15) is 0 Å². The summed E-state index contributed by atoms with van der Waals surface area (Å²) < 4.78 is 5.45. The summed E-state index contributed by atoms with van der Waals surface area (Å²) in [7, 11) is 0. The van der Waals surface area contributed by atoms with Gasteiger partial charge in [0.05, 0.1) is 5.41 Å². The molecule has 0 radical (unpaired) electrons. The molecule has 0 aliphatic heterocycles. The highest BCUT2D eigenvalue weighted by atomic mass is 16.5. The Morgan fingerprint density at radius 1 is 1.37 bits per heavy atom. The first-order valence-corrected chi connectivity index (χ1v) is 6.81. The highest BCUT2D eigenvalue weighted by Crippen LogP contribution is 2.38. The van der Waals surface area contributed by atoms with Crippen LogP contribution in [0.4, 0.5) is 0 Å². The molecule has 4 heteroatoms. The van der Waals surface area contributed by atoms with E-state index < -0.39 is 0 Å². The summed E-state index contributed by atoms with van der Waals surface area (Å²) in [5.41, 5.74) is 7.22. The van der Waals surface area contributed by atoms with Crippen molar-refractivity contribution in [2.75, 3.05) is 0 Å². The van der Waals surface area contributed by atoms with Gasteiger partial charge in [-0.3, -0.25) is 0 Å². The molecule has 0 bridgehead atoms. The lowest BCUT2D eigenvalue weighted by Crippen LogP contribution is -2.38. The van der Waals surface area contributed by atoms with Crippen LogP contribution in [-0.4, -0.2) is 16.2 Å². The third kappa shape index (κ3) is 2.28. The summed E-state index contributed by atoms with van der Waals surface area (Å²) in [6.07, 6.45) is 3.90. The van der Waals surface area contributed by atoms with E-state index in [4.69, 9.17) is 10.3 Å². The molecule has 1 aliphatic rings. The van der Waals surface area contributed by atoms with E-state index in [9.17, 15) is 0 Å². The molecule has 1 fully saturated rings. The Labute approximate surface area is 113 Å². The molecule has 1 saturated carbocycles. The molecular weight excluding hydrogens is 238 g/mol. The zero-order valence-corrected chi connectivity index (χ0v) is 11.2. The quantitative estimate of drug-likeness (QED) is 0.917. The van der Waals surface area contributed by atoms with Crippen LogP contribution in [0.5, 0.6) is 0 Å². The van der Waals surface area contributed by atoms with Crippen molar-refractivity contribution >= 4 is 0 Å². The molecule has 2 atom stereocenters. The third-order valence-electron chi connectivity index (χ3n) is 4.19. The van der Waals surface area contributed by atoms with E-state index in [1.165, 1.54) is 5.56 Å². The van der Waals surface area contributed by atoms with E-state index in [0.717, 1.165) is 25.1 Å². The lowest BCUT2D eigenvalue weighted by atomic mass is 9.85. The standard InChI is InChI=1S/C15H19N3O/c1-15(9-5-8-12(15)16)14-17-13(18-19-14)10-11-6-3-2-4-7-11/h2-4,6-7,12H,5,8-10,16H2,1H3. The van der Waals surface area contributed by atoms with Crippen molar-refractivity contribution in [1.29, 1.82) is 0 Å². The lowest BCUT2D eigenvalue weighted by molar-refractivity contribution is 0.276. The van der Waals surface area contributed by atoms with Crippen molar-refractivity contribution in [3.63, 3.8) is 0 Å². The fourth-order valence-electron chi connectivity index (χ4n) is 2.79. The second-order valence-corrected chi connectivity index (χ2v) is 5.59. The van der Waals surface area contributed by atoms with Gasteiger partial charge < -0.3 is 10.3 Å². The zero-order chi connectivity index (χ0) is 13.3. The van der Waals surface area contributed by atoms with Gasteiger partial charge in [0.2, 0.25) is 5.89 Å².